The van der Waals surface area contributed by atoms with Gasteiger partial charge >= 0.3 is 5.97 Å². The number of nitrogen functional groups attached to an aromatic ring is 1. The third kappa shape index (κ3) is 3.97. The van der Waals surface area contributed by atoms with Crippen LogP contribution in [0.3, 0.4) is 0 Å². The lowest BCUT2D eigenvalue weighted by Crippen LogP contribution is -2.34. The first-order valence-electron chi connectivity index (χ1n) is 9.81. The number of aromatic nitrogens is 4. The lowest BCUT2D eigenvalue weighted by Gasteiger charge is -2.17. The molecule has 13 nitrogen and oxygen atoms in total. The van der Waals surface area contributed by atoms with Gasteiger partial charge in [-0.15, -0.1) is 0 Å². The molecule has 4 atom stereocenters. The number of esters is 1. The van der Waals surface area contributed by atoms with Gasteiger partial charge in [-0.25, -0.2) is 19.7 Å². The van der Waals surface area contributed by atoms with Crippen LogP contribution in [0.1, 0.15) is 16.6 Å². The van der Waals surface area contributed by atoms with Crippen molar-refractivity contribution in [3.05, 3.63) is 30.4 Å². The van der Waals surface area contributed by atoms with Crippen LogP contribution in [0.25, 0.3) is 11.2 Å². The Morgan fingerprint density at radius 2 is 1.79 bits per heavy atom. The Kier molecular flexibility index (Phi) is 6.18. The van der Waals surface area contributed by atoms with Crippen LogP contribution in [-0.2, 0) is 9.47 Å². The average Bonchev–Trinajstić information content (AvgIpc) is 3.38. The normalized spacial score (nSPS) is 22.3. The Bertz CT molecular complexity index is 1140. The zero-order chi connectivity index (χ0) is 23.7. The number of nitrogens with zero attached hydrogens (tertiary/aromatic N) is 4. The largest absolute Gasteiger partial charge is 0.493 e. The number of hydrogen-bond donors (Lipinski definition) is 3. The summed E-state index contributed by atoms with van der Waals surface area (Å²) < 4.78 is 28.2. The number of carbonyl (C=O) groups is 1. The van der Waals surface area contributed by atoms with E-state index in [1.807, 2.05) is 0 Å². The van der Waals surface area contributed by atoms with Gasteiger partial charge in [0.1, 0.15) is 36.8 Å². The van der Waals surface area contributed by atoms with Crippen molar-refractivity contribution in [2.24, 2.45) is 0 Å². The zero-order valence-electron chi connectivity index (χ0n) is 18.0. The van der Waals surface area contributed by atoms with E-state index in [2.05, 4.69) is 15.0 Å². The third-order valence-corrected chi connectivity index (χ3v) is 5.28. The van der Waals surface area contributed by atoms with Gasteiger partial charge in [0.25, 0.3) is 0 Å². The lowest BCUT2D eigenvalue weighted by atomic mass is 10.1. The number of aliphatic hydroxyl groups excluding tert-OH is 2. The molecule has 176 valence electrons. The number of rotatable bonds is 7. The van der Waals surface area contributed by atoms with E-state index >= 15 is 0 Å². The van der Waals surface area contributed by atoms with Gasteiger partial charge in [-0.2, -0.15) is 0 Å². The first kappa shape index (κ1) is 22.5. The maximum Gasteiger partial charge on any atom is 0.338 e. The second-order valence-electron chi connectivity index (χ2n) is 7.14. The van der Waals surface area contributed by atoms with Gasteiger partial charge < -0.3 is 39.6 Å². The predicted molar refractivity (Wildman–Crippen MR) is 112 cm³/mol. The minimum atomic E-state index is -1.33. The van der Waals surface area contributed by atoms with Gasteiger partial charge in [0.2, 0.25) is 5.75 Å². The molecule has 2 aromatic heterocycles. The number of fused-ring (bicyclic) bond motifs is 1. The van der Waals surface area contributed by atoms with Gasteiger partial charge in [0, 0.05) is 0 Å². The molecule has 0 aliphatic carbocycles. The maximum absolute atomic E-state index is 12.6. The minimum Gasteiger partial charge on any atom is -0.493 e. The molecule has 0 bridgehead atoms. The van der Waals surface area contributed by atoms with E-state index in [1.165, 1.54) is 50.7 Å². The molecule has 4 N–H and O–H groups in total. The molecule has 1 aromatic carbocycles. The number of methoxy groups -OCH3 is 3. The van der Waals surface area contributed by atoms with Gasteiger partial charge in [-0.3, -0.25) is 4.57 Å². The Morgan fingerprint density at radius 1 is 1.09 bits per heavy atom. The summed E-state index contributed by atoms with van der Waals surface area (Å²) >= 11 is 0. The molecule has 1 fully saturated rings. The van der Waals surface area contributed by atoms with Crippen LogP contribution in [-0.4, -0.2) is 81.9 Å². The molecular weight excluding hydrogens is 438 g/mol. The summed E-state index contributed by atoms with van der Waals surface area (Å²) in [6.07, 6.45) is -2.06. The van der Waals surface area contributed by atoms with Gasteiger partial charge in [0.15, 0.2) is 29.2 Å². The van der Waals surface area contributed by atoms with Crippen molar-refractivity contribution in [1.82, 2.24) is 19.5 Å². The highest BCUT2D eigenvalue weighted by Crippen LogP contribution is 2.38. The Balaban J connectivity index is 1.49. The number of imidazole rings is 1. The number of benzene rings is 1. The molecule has 0 unspecified atom stereocenters. The molecular formula is C20H23N5O8. The molecule has 0 spiro atoms. The number of aliphatic hydroxyl groups is 2. The van der Waals surface area contributed by atoms with Crippen molar-refractivity contribution in [3.8, 4) is 17.2 Å². The number of ether oxygens (including phenoxy) is 5. The summed E-state index contributed by atoms with van der Waals surface area (Å²) in [5.74, 6) is 0.350. The lowest BCUT2D eigenvalue weighted by molar-refractivity contribution is -0.0565. The number of carbonyl (C=O) groups excluding carboxylic acids is 1. The highest BCUT2D eigenvalue weighted by Gasteiger charge is 2.45. The summed E-state index contributed by atoms with van der Waals surface area (Å²) in [4.78, 5) is 24.7. The van der Waals surface area contributed by atoms with Crippen LogP contribution < -0.4 is 19.9 Å². The fourth-order valence-electron chi connectivity index (χ4n) is 3.59. The van der Waals surface area contributed by atoms with E-state index in [-0.39, 0.29) is 29.5 Å². The Hall–Kier alpha value is -3.68. The quantitative estimate of drug-likeness (QED) is 0.400. The van der Waals surface area contributed by atoms with Crippen molar-refractivity contribution >= 4 is 23.0 Å². The molecule has 0 saturated carbocycles. The standard InChI is InChI=1S/C20H23N5O8/c1-29-10-4-9(5-11(30-2)16(10)31-3)20(28)32-6-12-14(26)15(27)19(33-12)25-8-24-13-17(21)22-7-23-18(13)25/h4-5,7-8,12,14-15,19,26-27H,6H2,1-3H3,(H2,21,22,23)/t12-,14-,15-,19-/m1/s1. The first-order chi connectivity index (χ1) is 15.9. The monoisotopic (exact) mass is 461 g/mol. The van der Waals surface area contributed by atoms with Crippen LogP contribution in [0.5, 0.6) is 17.2 Å². The van der Waals surface area contributed by atoms with E-state index in [0.29, 0.717) is 16.9 Å². The van der Waals surface area contributed by atoms with E-state index in [0.717, 1.165) is 0 Å². The molecule has 1 aliphatic heterocycles. The SMILES string of the molecule is COc1cc(C(=O)OC[C@H]2O[C@@H](n3cnc4c(N)ncnc43)[C@H](O)[C@@H]2O)cc(OC)c1OC. The molecule has 0 amide bonds. The molecule has 1 aliphatic rings. The van der Waals surface area contributed by atoms with E-state index < -0.39 is 30.5 Å². The second-order valence-corrected chi connectivity index (χ2v) is 7.14. The summed E-state index contributed by atoms with van der Waals surface area (Å²) in [6.45, 7) is -0.325. The van der Waals surface area contributed by atoms with E-state index in [1.54, 1.807) is 0 Å². The zero-order valence-corrected chi connectivity index (χ0v) is 18.0. The van der Waals surface area contributed by atoms with Crippen LogP contribution in [0, 0.1) is 0 Å². The average molecular weight is 461 g/mol. The van der Waals surface area contributed by atoms with E-state index in [9.17, 15) is 15.0 Å². The molecule has 13 heteroatoms. The molecule has 1 saturated heterocycles. The Morgan fingerprint density at radius 3 is 2.42 bits per heavy atom. The molecule has 0 radical (unpaired) electrons. The summed E-state index contributed by atoms with van der Waals surface area (Å²) in [7, 11) is 4.30. The fourth-order valence-corrected chi connectivity index (χ4v) is 3.59. The summed E-state index contributed by atoms with van der Waals surface area (Å²) in [6, 6.07) is 2.88. The van der Waals surface area contributed by atoms with Crippen LogP contribution in [0.2, 0.25) is 0 Å². The van der Waals surface area contributed by atoms with Crippen molar-refractivity contribution < 1.29 is 38.7 Å². The predicted octanol–water partition coefficient (Wildman–Crippen LogP) is -0.0895. The highest BCUT2D eigenvalue weighted by atomic mass is 16.6. The molecule has 4 rings (SSSR count). The fraction of sp³-hybridized carbons (Fsp3) is 0.400. The van der Waals surface area contributed by atoms with Crippen LogP contribution >= 0.6 is 0 Å². The number of anilines is 1. The summed E-state index contributed by atoms with van der Waals surface area (Å²) in [5, 5.41) is 21.0. The summed E-state index contributed by atoms with van der Waals surface area (Å²) in [5.41, 5.74) is 6.59. The Labute approximate surface area is 187 Å². The van der Waals surface area contributed by atoms with Crippen molar-refractivity contribution in [3.63, 3.8) is 0 Å². The smallest absolute Gasteiger partial charge is 0.338 e. The molecule has 3 heterocycles. The van der Waals surface area contributed by atoms with Gasteiger partial charge in [-0.1, -0.05) is 0 Å². The van der Waals surface area contributed by atoms with Crippen molar-refractivity contribution in [1.29, 1.82) is 0 Å². The minimum absolute atomic E-state index is 0.141. The van der Waals surface area contributed by atoms with Crippen molar-refractivity contribution in [2.45, 2.75) is 24.5 Å². The van der Waals surface area contributed by atoms with E-state index in [4.69, 9.17) is 29.4 Å². The number of nitrogens with two attached hydrogens (primary N) is 1. The first-order valence-corrected chi connectivity index (χ1v) is 9.81. The molecule has 33 heavy (non-hydrogen) atoms. The van der Waals surface area contributed by atoms with Crippen LogP contribution in [0.15, 0.2) is 24.8 Å². The van der Waals surface area contributed by atoms with Crippen LogP contribution in [0.4, 0.5) is 5.82 Å². The topological polar surface area (TPSA) is 173 Å². The third-order valence-electron chi connectivity index (χ3n) is 5.28. The highest BCUT2D eigenvalue weighted by molar-refractivity contribution is 5.91. The second kappa shape index (κ2) is 9.05. The van der Waals surface area contributed by atoms with Crippen molar-refractivity contribution in [2.75, 3.05) is 33.7 Å². The maximum atomic E-state index is 12.6. The van der Waals surface area contributed by atoms with Gasteiger partial charge in [-0.05, 0) is 12.1 Å². The van der Waals surface area contributed by atoms with Gasteiger partial charge in [0.05, 0.1) is 33.2 Å². The number of hydrogen-bond acceptors (Lipinski definition) is 12. The molecule has 3 aromatic rings.